The molecule has 1 N–H and O–H groups in total. The first-order chi connectivity index (χ1) is 14.8. The number of hydrogen-bond acceptors (Lipinski definition) is 5. The Hall–Kier alpha value is -3.02. The van der Waals surface area contributed by atoms with Gasteiger partial charge < -0.3 is 5.32 Å². The molecule has 0 saturated carbocycles. The molecule has 0 bridgehead atoms. The molecule has 0 spiro atoms. The second-order valence-corrected chi connectivity index (χ2v) is 9.82. The fourth-order valence-corrected chi connectivity index (χ4v) is 4.89. The van der Waals surface area contributed by atoms with E-state index in [0.29, 0.717) is 31.5 Å². The average molecular weight is 439 g/mol. The van der Waals surface area contributed by atoms with Gasteiger partial charge >= 0.3 is 0 Å². The normalized spacial score (nSPS) is 15.6. The van der Waals surface area contributed by atoms with Crippen LogP contribution in [0.4, 0.5) is 10.1 Å². The van der Waals surface area contributed by atoms with Crippen LogP contribution in [-0.2, 0) is 16.4 Å². The predicted molar refractivity (Wildman–Crippen MR) is 120 cm³/mol. The molecule has 4 rings (SSSR count). The third-order valence-corrected chi connectivity index (χ3v) is 6.99. The number of halogens is 1. The van der Waals surface area contributed by atoms with Crippen molar-refractivity contribution in [2.24, 2.45) is 0 Å². The minimum absolute atomic E-state index is 0.0151. The summed E-state index contributed by atoms with van der Waals surface area (Å²) in [4.78, 5) is 4.25. The highest BCUT2D eigenvalue weighted by Gasteiger charge is 2.25. The van der Waals surface area contributed by atoms with Crippen LogP contribution >= 0.6 is 0 Å². The van der Waals surface area contributed by atoms with E-state index in [9.17, 15) is 12.8 Å². The van der Waals surface area contributed by atoms with Crippen LogP contribution in [-0.4, -0.2) is 43.1 Å². The first-order valence-corrected chi connectivity index (χ1v) is 11.9. The molecule has 0 radical (unpaired) electrons. The van der Waals surface area contributed by atoms with Gasteiger partial charge in [0.1, 0.15) is 5.82 Å². The second-order valence-electron chi connectivity index (χ2n) is 7.84. The van der Waals surface area contributed by atoms with Gasteiger partial charge in [0.25, 0.3) is 0 Å². The Labute approximate surface area is 181 Å². The number of anilines is 1. The first-order valence-electron chi connectivity index (χ1n) is 10.1. The number of hydrogen-bond donors (Lipinski definition) is 1. The molecule has 8 heteroatoms. The number of sulfonamides is 1. The van der Waals surface area contributed by atoms with E-state index in [4.69, 9.17) is 5.26 Å². The van der Waals surface area contributed by atoms with Crippen molar-refractivity contribution in [2.75, 3.05) is 24.7 Å². The number of nitriles is 1. The minimum atomic E-state index is -3.17. The summed E-state index contributed by atoms with van der Waals surface area (Å²) in [5.74, 6) is -0.383. The Kier molecular flexibility index (Phi) is 5.90. The SMILES string of the molecule is CS(=O)(=O)N1CCC(Nc2cc(-c3ccc(F)c(CC#N)c3)cc3ccncc23)CC1. The van der Waals surface area contributed by atoms with Crippen molar-refractivity contribution in [3.63, 3.8) is 0 Å². The van der Waals surface area contributed by atoms with E-state index in [2.05, 4.69) is 10.3 Å². The van der Waals surface area contributed by atoms with E-state index in [-0.39, 0.29) is 18.3 Å². The molecular weight excluding hydrogens is 415 g/mol. The van der Waals surface area contributed by atoms with Crippen LogP contribution < -0.4 is 5.32 Å². The molecule has 1 aliphatic heterocycles. The maximum atomic E-state index is 14.0. The Morgan fingerprint density at radius 3 is 2.68 bits per heavy atom. The molecule has 160 valence electrons. The van der Waals surface area contributed by atoms with Gasteiger partial charge in [-0.15, -0.1) is 0 Å². The van der Waals surface area contributed by atoms with Gasteiger partial charge in [0, 0.05) is 48.2 Å². The van der Waals surface area contributed by atoms with E-state index < -0.39 is 10.0 Å². The highest BCUT2D eigenvalue weighted by atomic mass is 32.2. The van der Waals surface area contributed by atoms with Crippen LogP contribution in [0.2, 0.25) is 0 Å². The van der Waals surface area contributed by atoms with Gasteiger partial charge in [-0.2, -0.15) is 5.26 Å². The molecule has 0 unspecified atom stereocenters. The van der Waals surface area contributed by atoms with Gasteiger partial charge in [-0.25, -0.2) is 17.1 Å². The maximum Gasteiger partial charge on any atom is 0.211 e. The summed E-state index contributed by atoms with van der Waals surface area (Å²) in [6, 6.07) is 12.9. The first kappa shape index (κ1) is 21.2. The molecule has 1 aliphatic rings. The van der Waals surface area contributed by atoms with Crippen molar-refractivity contribution in [2.45, 2.75) is 25.3 Å². The van der Waals surface area contributed by atoms with Gasteiger partial charge in [0.05, 0.1) is 18.7 Å². The molecule has 0 atom stereocenters. The maximum absolute atomic E-state index is 14.0. The fourth-order valence-electron chi connectivity index (χ4n) is 4.01. The molecule has 6 nitrogen and oxygen atoms in total. The molecule has 1 fully saturated rings. The number of nitrogens with one attached hydrogen (secondary N) is 1. The zero-order chi connectivity index (χ0) is 22.0. The molecule has 2 aromatic carbocycles. The van der Waals surface area contributed by atoms with Crippen LogP contribution in [0.5, 0.6) is 0 Å². The van der Waals surface area contributed by atoms with E-state index in [1.54, 1.807) is 24.5 Å². The fraction of sp³-hybridized carbons (Fsp3) is 0.304. The lowest BCUT2D eigenvalue weighted by Gasteiger charge is -2.31. The highest BCUT2D eigenvalue weighted by Crippen LogP contribution is 2.33. The van der Waals surface area contributed by atoms with E-state index >= 15 is 0 Å². The topological polar surface area (TPSA) is 86.1 Å². The average Bonchev–Trinajstić information content (AvgIpc) is 2.75. The highest BCUT2D eigenvalue weighted by molar-refractivity contribution is 7.88. The van der Waals surface area contributed by atoms with Crippen molar-refractivity contribution in [1.82, 2.24) is 9.29 Å². The van der Waals surface area contributed by atoms with Crippen molar-refractivity contribution >= 4 is 26.5 Å². The summed E-state index contributed by atoms with van der Waals surface area (Å²) in [5.41, 5.74) is 3.02. The molecule has 1 saturated heterocycles. The molecule has 2 heterocycles. The summed E-state index contributed by atoms with van der Waals surface area (Å²) in [6.45, 7) is 0.976. The third-order valence-electron chi connectivity index (χ3n) is 5.69. The second kappa shape index (κ2) is 8.61. The van der Waals surface area contributed by atoms with Gasteiger partial charge in [0.15, 0.2) is 0 Å². The third kappa shape index (κ3) is 4.68. The Bertz CT molecular complexity index is 1260. The number of benzene rings is 2. The van der Waals surface area contributed by atoms with Gasteiger partial charge in [-0.3, -0.25) is 4.98 Å². The number of piperidine rings is 1. The summed E-state index contributed by atoms with van der Waals surface area (Å²) < 4.78 is 39.1. The lowest BCUT2D eigenvalue weighted by atomic mass is 9.97. The number of nitrogens with zero attached hydrogens (tertiary/aromatic N) is 3. The standard InChI is InChI=1S/C23H23FN4O2S/c1-31(29,30)28-10-6-20(7-11-28)27-23-14-19(13-17-5-9-26-15-21(17)23)16-2-3-22(24)18(12-16)4-8-25/h2-3,5,9,12-15,20,27H,4,6-7,10-11H2,1H3. The van der Waals surface area contributed by atoms with Gasteiger partial charge in [-0.1, -0.05) is 6.07 Å². The predicted octanol–water partition coefficient (Wildman–Crippen LogP) is 3.94. The van der Waals surface area contributed by atoms with E-state index in [1.807, 2.05) is 24.3 Å². The van der Waals surface area contributed by atoms with Crippen molar-refractivity contribution in [1.29, 1.82) is 5.26 Å². The molecule has 31 heavy (non-hydrogen) atoms. The van der Waals surface area contributed by atoms with Crippen molar-refractivity contribution in [3.05, 3.63) is 60.2 Å². The molecular formula is C23H23FN4O2S. The van der Waals surface area contributed by atoms with Gasteiger partial charge in [0.2, 0.25) is 10.0 Å². The van der Waals surface area contributed by atoms with Gasteiger partial charge in [-0.05, 0) is 59.7 Å². The number of pyridine rings is 1. The number of rotatable bonds is 5. The largest absolute Gasteiger partial charge is 0.382 e. The zero-order valence-electron chi connectivity index (χ0n) is 17.2. The Morgan fingerprint density at radius 2 is 1.97 bits per heavy atom. The smallest absolute Gasteiger partial charge is 0.211 e. The number of aromatic nitrogens is 1. The lowest BCUT2D eigenvalue weighted by Crippen LogP contribution is -2.41. The number of fused-ring (bicyclic) bond motifs is 1. The quantitative estimate of drug-likeness (QED) is 0.652. The Balaban J connectivity index is 1.67. The van der Waals surface area contributed by atoms with Crippen LogP contribution in [0.3, 0.4) is 0 Å². The summed E-state index contributed by atoms with van der Waals surface area (Å²) in [7, 11) is -3.17. The summed E-state index contributed by atoms with van der Waals surface area (Å²) in [6.07, 6.45) is 6.21. The molecule has 0 aliphatic carbocycles. The van der Waals surface area contributed by atoms with Crippen LogP contribution in [0.1, 0.15) is 18.4 Å². The minimum Gasteiger partial charge on any atom is -0.382 e. The van der Waals surface area contributed by atoms with Crippen molar-refractivity contribution < 1.29 is 12.8 Å². The molecule has 3 aromatic rings. The van der Waals surface area contributed by atoms with E-state index in [1.165, 1.54) is 16.6 Å². The Morgan fingerprint density at radius 1 is 1.19 bits per heavy atom. The molecule has 1 aromatic heterocycles. The van der Waals surface area contributed by atoms with E-state index in [0.717, 1.165) is 27.6 Å². The van der Waals surface area contributed by atoms with Crippen LogP contribution in [0.15, 0.2) is 48.8 Å². The summed E-state index contributed by atoms with van der Waals surface area (Å²) in [5, 5.41) is 14.5. The van der Waals surface area contributed by atoms with Crippen LogP contribution in [0, 0.1) is 17.1 Å². The van der Waals surface area contributed by atoms with Crippen molar-refractivity contribution in [3.8, 4) is 17.2 Å². The lowest BCUT2D eigenvalue weighted by molar-refractivity contribution is 0.332. The van der Waals surface area contributed by atoms with Crippen LogP contribution in [0.25, 0.3) is 21.9 Å². The zero-order valence-corrected chi connectivity index (χ0v) is 18.0. The molecule has 0 amide bonds. The summed E-state index contributed by atoms with van der Waals surface area (Å²) >= 11 is 0. The monoisotopic (exact) mass is 438 g/mol.